The molecule has 0 aromatic carbocycles. The molecular formula is C11H16N2O4S. The van der Waals surface area contributed by atoms with Gasteiger partial charge in [-0.2, -0.15) is 4.31 Å². The van der Waals surface area contributed by atoms with Crippen molar-refractivity contribution in [3.8, 4) is 0 Å². The molecule has 100 valence electrons. The number of H-pyrrole nitrogens is 1. The molecule has 1 N–H and O–H groups in total. The van der Waals surface area contributed by atoms with Crippen LogP contribution in [0.4, 0.5) is 0 Å². The number of carbonyl (C=O) groups is 1. The van der Waals surface area contributed by atoms with Crippen molar-refractivity contribution in [3.63, 3.8) is 0 Å². The minimum absolute atomic E-state index is 0.0479. The highest BCUT2D eigenvalue weighted by Gasteiger charge is 2.26. The van der Waals surface area contributed by atoms with Crippen LogP contribution in [-0.4, -0.2) is 43.4 Å². The van der Waals surface area contributed by atoms with Crippen LogP contribution in [0.25, 0.3) is 0 Å². The third-order valence-corrected chi connectivity index (χ3v) is 3.96. The first-order chi connectivity index (χ1) is 8.52. The third kappa shape index (κ3) is 3.44. The Bertz CT molecular complexity index is 493. The van der Waals surface area contributed by atoms with E-state index >= 15 is 0 Å². The summed E-state index contributed by atoms with van der Waals surface area (Å²) in [5.74, 6) is -0.585. The first-order valence-corrected chi connectivity index (χ1v) is 6.85. The molecule has 6 nitrogen and oxygen atoms in total. The van der Waals surface area contributed by atoms with Crippen LogP contribution in [0.3, 0.4) is 0 Å². The van der Waals surface area contributed by atoms with Gasteiger partial charge in [-0.1, -0.05) is 6.08 Å². The Morgan fingerprint density at radius 1 is 1.61 bits per heavy atom. The molecule has 18 heavy (non-hydrogen) atoms. The average molecular weight is 272 g/mol. The number of aromatic nitrogens is 1. The Morgan fingerprint density at radius 2 is 2.33 bits per heavy atom. The number of sulfonamides is 1. The zero-order valence-electron chi connectivity index (χ0n) is 10.1. The van der Waals surface area contributed by atoms with Crippen LogP contribution in [0.15, 0.2) is 36.0 Å². The Hall–Kier alpha value is -1.60. The molecule has 0 bridgehead atoms. The number of hydrogen-bond donors (Lipinski definition) is 1. The number of aromatic amines is 1. The second-order valence-electron chi connectivity index (χ2n) is 3.44. The lowest BCUT2D eigenvalue weighted by Crippen LogP contribution is -2.36. The molecule has 0 unspecified atom stereocenters. The van der Waals surface area contributed by atoms with E-state index in [0.29, 0.717) is 0 Å². The van der Waals surface area contributed by atoms with Crippen molar-refractivity contribution in [1.29, 1.82) is 0 Å². The molecule has 0 saturated carbocycles. The van der Waals surface area contributed by atoms with Crippen LogP contribution in [0.1, 0.15) is 6.92 Å². The lowest BCUT2D eigenvalue weighted by molar-refractivity contribution is -0.143. The lowest BCUT2D eigenvalue weighted by Gasteiger charge is -2.18. The van der Waals surface area contributed by atoms with Crippen molar-refractivity contribution in [1.82, 2.24) is 9.29 Å². The number of nitrogens with zero attached hydrogens (tertiary/aromatic N) is 1. The summed E-state index contributed by atoms with van der Waals surface area (Å²) in [6.07, 6.45) is 4.28. The molecule has 1 aromatic rings. The van der Waals surface area contributed by atoms with Crippen LogP contribution in [-0.2, 0) is 19.6 Å². The van der Waals surface area contributed by atoms with Crippen molar-refractivity contribution in [2.24, 2.45) is 0 Å². The number of carbonyl (C=O) groups excluding carboxylic acids is 1. The molecule has 0 saturated heterocycles. The standard InChI is InChI=1S/C11H16N2O4S/c1-3-7-13(9-11(14)17-4-2)18(15,16)10-5-6-12-8-10/h3,5-6,8,12H,1,4,7,9H2,2H3. The second kappa shape index (κ2) is 6.36. The third-order valence-electron chi connectivity index (χ3n) is 2.15. The van der Waals surface area contributed by atoms with Gasteiger partial charge in [0.15, 0.2) is 0 Å². The molecule has 0 radical (unpaired) electrons. The van der Waals surface area contributed by atoms with Crippen molar-refractivity contribution < 1.29 is 17.9 Å². The summed E-state index contributed by atoms with van der Waals surface area (Å²) in [5, 5.41) is 0. The minimum Gasteiger partial charge on any atom is -0.465 e. The average Bonchev–Trinajstić information content (AvgIpc) is 2.82. The number of nitrogens with one attached hydrogen (secondary N) is 1. The Kier molecular flexibility index (Phi) is 5.11. The van der Waals surface area contributed by atoms with E-state index in [1.165, 1.54) is 24.5 Å². The summed E-state index contributed by atoms with van der Waals surface area (Å²) < 4.78 is 30.1. The maximum atomic E-state index is 12.2. The van der Waals surface area contributed by atoms with Gasteiger partial charge in [0.05, 0.1) is 11.5 Å². The first kappa shape index (κ1) is 14.5. The van der Waals surface area contributed by atoms with Gasteiger partial charge in [-0.3, -0.25) is 4.79 Å². The van der Waals surface area contributed by atoms with Crippen LogP contribution < -0.4 is 0 Å². The fourth-order valence-electron chi connectivity index (χ4n) is 1.36. The predicted octanol–water partition coefficient (Wildman–Crippen LogP) is 0.754. The van der Waals surface area contributed by atoms with Gasteiger partial charge in [0.2, 0.25) is 10.0 Å². The number of hydrogen-bond acceptors (Lipinski definition) is 4. The fraction of sp³-hybridized carbons (Fsp3) is 0.364. The summed E-state index contributed by atoms with van der Waals surface area (Å²) in [6.45, 7) is 5.08. The second-order valence-corrected chi connectivity index (χ2v) is 5.38. The summed E-state index contributed by atoms with van der Waals surface area (Å²) in [6, 6.07) is 1.43. The minimum atomic E-state index is -3.70. The van der Waals surface area contributed by atoms with Crippen LogP contribution >= 0.6 is 0 Å². The zero-order valence-corrected chi connectivity index (χ0v) is 10.9. The van der Waals surface area contributed by atoms with Gasteiger partial charge in [-0.05, 0) is 13.0 Å². The molecule has 1 rings (SSSR count). The van der Waals surface area contributed by atoms with E-state index in [2.05, 4.69) is 11.6 Å². The topological polar surface area (TPSA) is 79.5 Å². The highest BCUT2D eigenvalue weighted by atomic mass is 32.2. The normalized spacial score (nSPS) is 11.4. The summed E-state index contributed by atoms with van der Waals surface area (Å²) in [4.78, 5) is 14.1. The van der Waals surface area contributed by atoms with Gasteiger partial charge in [0.1, 0.15) is 6.54 Å². The van der Waals surface area contributed by atoms with Crippen LogP contribution in [0.2, 0.25) is 0 Å². The smallest absolute Gasteiger partial charge is 0.321 e. The number of ether oxygens (including phenoxy) is 1. The van der Waals surface area contributed by atoms with E-state index in [0.717, 1.165) is 4.31 Å². The first-order valence-electron chi connectivity index (χ1n) is 5.41. The van der Waals surface area contributed by atoms with Gasteiger partial charge < -0.3 is 9.72 Å². The Labute approximate surface area is 106 Å². The predicted molar refractivity (Wildman–Crippen MR) is 66.4 cm³/mol. The Morgan fingerprint density at radius 3 is 2.83 bits per heavy atom. The maximum Gasteiger partial charge on any atom is 0.321 e. The summed E-state index contributed by atoms with van der Waals surface area (Å²) in [5.41, 5.74) is 0. The number of rotatable bonds is 7. The van der Waals surface area contributed by atoms with Crippen molar-refractivity contribution >= 4 is 16.0 Å². The molecule has 0 atom stereocenters. The Balaban J connectivity index is 2.91. The van der Waals surface area contributed by atoms with Gasteiger partial charge in [0, 0.05) is 18.9 Å². The number of esters is 1. The van der Waals surface area contributed by atoms with Crippen LogP contribution in [0.5, 0.6) is 0 Å². The van der Waals surface area contributed by atoms with Gasteiger partial charge in [-0.15, -0.1) is 6.58 Å². The van der Waals surface area contributed by atoms with Crippen LogP contribution in [0, 0.1) is 0 Å². The molecule has 7 heteroatoms. The van der Waals surface area contributed by atoms with Gasteiger partial charge >= 0.3 is 5.97 Å². The quantitative estimate of drug-likeness (QED) is 0.587. The molecule has 0 aliphatic carbocycles. The van der Waals surface area contributed by atoms with E-state index in [-0.39, 0.29) is 24.6 Å². The van der Waals surface area contributed by atoms with E-state index < -0.39 is 16.0 Å². The SMILES string of the molecule is C=CCN(CC(=O)OCC)S(=O)(=O)c1cc[nH]c1. The monoisotopic (exact) mass is 272 g/mol. The van der Waals surface area contributed by atoms with E-state index in [9.17, 15) is 13.2 Å². The fourth-order valence-corrected chi connectivity index (χ4v) is 2.69. The molecular weight excluding hydrogens is 256 g/mol. The van der Waals surface area contributed by atoms with E-state index in [4.69, 9.17) is 4.74 Å². The van der Waals surface area contributed by atoms with Crippen molar-refractivity contribution in [2.45, 2.75) is 11.8 Å². The molecule has 1 aromatic heterocycles. The largest absolute Gasteiger partial charge is 0.465 e. The summed E-state index contributed by atoms with van der Waals surface area (Å²) >= 11 is 0. The van der Waals surface area contributed by atoms with Gasteiger partial charge in [0.25, 0.3) is 0 Å². The molecule has 0 aliphatic rings. The maximum absolute atomic E-state index is 12.2. The summed E-state index contributed by atoms with van der Waals surface area (Å²) in [7, 11) is -3.70. The van der Waals surface area contributed by atoms with E-state index in [1.807, 2.05) is 0 Å². The molecule has 0 spiro atoms. The zero-order chi connectivity index (χ0) is 13.6. The van der Waals surface area contributed by atoms with E-state index in [1.54, 1.807) is 6.92 Å². The van der Waals surface area contributed by atoms with Gasteiger partial charge in [-0.25, -0.2) is 8.42 Å². The lowest BCUT2D eigenvalue weighted by atomic mass is 10.5. The van der Waals surface area contributed by atoms with Crippen molar-refractivity contribution in [2.75, 3.05) is 19.7 Å². The molecule has 0 aliphatic heterocycles. The highest BCUT2D eigenvalue weighted by molar-refractivity contribution is 7.89. The highest BCUT2D eigenvalue weighted by Crippen LogP contribution is 2.14. The molecule has 0 amide bonds. The molecule has 0 fully saturated rings. The van der Waals surface area contributed by atoms with Crippen molar-refractivity contribution in [3.05, 3.63) is 31.1 Å². The molecule has 1 heterocycles.